The van der Waals surface area contributed by atoms with Crippen molar-refractivity contribution in [2.75, 3.05) is 13.7 Å². The van der Waals surface area contributed by atoms with Gasteiger partial charge in [-0.25, -0.2) is 0 Å². The molecular formula is C8H20NO3Si2. The van der Waals surface area contributed by atoms with Crippen molar-refractivity contribution in [3.63, 3.8) is 0 Å². The van der Waals surface area contributed by atoms with E-state index in [1.165, 1.54) is 0 Å². The Labute approximate surface area is 91.0 Å². The van der Waals surface area contributed by atoms with Crippen LogP contribution >= 0.6 is 0 Å². The van der Waals surface area contributed by atoms with Gasteiger partial charge in [-0.2, -0.15) is 0 Å². The molecule has 83 valence electrons. The van der Waals surface area contributed by atoms with Crippen LogP contribution in [0.15, 0.2) is 0 Å². The van der Waals surface area contributed by atoms with E-state index in [1.807, 2.05) is 20.8 Å². The quantitative estimate of drug-likeness (QED) is 0.692. The molecule has 0 aromatic rings. The van der Waals surface area contributed by atoms with E-state index in [0.717, 1.165) is 12.5 Å². The predicted molar refractivity (Wildman–Crippen MR) is 58.9 cm³/mol. The average molecular weight is 234 g/mol. The number of nitrogens with two attached hydrogens (primary N) is 1. The van der Waals surface area contributed by atoms with Gasteiger partial charge in [-0.1, -0.05) is 0 Å². The van der Waals surface area contributed by atoms with E-state index in [0.29, 0.717) is 6.54 Å². The summed E-state index contributed by atoms with van der Waals surface area (Å²) in [5.74, 6) is 0. The summed E-state index contributed by atoms with van der Waals surface area (Å²) >= 11 is 0. The van der Waals surface area contributed by atoms with E-state index in [4.69, 9.17) is 18.7 Å². The van der Waals surface area contributed by atoms with Gasteiger partial charge in [0.1, 0.15) is 0 Å². The third kappa shape index (κ3) is 5.23. The molecule has 1 atom stereocenters. The summed E-state index contributed by atoms with van der Waals surface area (Å²) in [6, 6.07) is 0.723. The molecule has 0 fully saturated rings. The van der Waals surface area contributed by atoms with Crippen LogP contribution in [0.25, 0.3) is 0 Å². The summed E-state index contributed by atoms with van der Waals surface area (Å²) in [4.78, 5) is 0. The molecule has 1 unspecified atom stereocenters. The summed E-state index contributed by atoms with van der Waals surface area (Å²) in [6.45, 7) is 6.53. The maximum absolute atomic E-state index is 5.82. The van der Waals surface area contributed by atoms with E-state index < -0.39 is 8.80 Å². The predicted octanol–water partition coefficient (Wildman–Crippen LogP) is 0.836. The van der Waals surface area contributed by atoms with E-state index in [1.54, 1.807) is 7.11 Å². The molecule has 0 rings (SSSR count). The van der Waals surface area contributed by atoms with Gasteiger partial charge in [0, 0.05) is 13.2 Å². The van der Waals surface area contributed by atoms with Crippen LogP contribution in [0, 0.1) is 0 Å². The van der Waals surface area contributed by atoms with Gasteiger partial charge in [-0.3, -0.25) is 0 Å². The van der Waals surface area contributed by atoms with Crippen LogP contribution in [0.5, 0.6) is 0 Å². The van der Waals surface area contributed by atoms with Crippen molar-refractivity contribution in [2.45, 2.75) is 38.8 Å². The van der Waals surface area contributed by atoms with Crippen molar-refractivity contribution in [1.82, 2.24) is 0 Å². The fourth-order valence-electron chi connectivity index (χ4n) is 1.09. The molecule has 0 heterocycles. The highest BCUT2D eigenvalue weighted by Crippen LogP contribution is 2.22. The van der Waals surface area contributed by atoms with Crippen LogP contribution in [0.4, 0.5) is 0 Å². The van der Waals surface area contributed by atoms with Crippen molar-refractivity contribution in [3.05, 3.63) is 0 Å². The van der Waals surface area contributed by atoms with Crippen molar-refractivity contribution in [3.8, 4) is 0 Å². The van der Waals surface area contributed by atoms with Crippen LogP contribution in [0.3, 0.4) is 0 Å². The zero-order valence-electron chi connectivity index (χ0n) is 9.42. The van der Waals surface area contributed by atoms with Crippen LogP contribution < -0.4 is 5.73 Å². The van der Waals surface area contributed by atoms with Gasteiger partial charge in [0.15, 0.2) is 0 Å². The third-order valence-corrected chi connectivity index (χ3v) is 5.37. The van der Waals surface area contributed by atoms with Crippen LogP contribution in [-0.2, 0) is 13.0 Å². The zero-order chi connectivity index (χ0) is 11.2. The lowest BCUT2D eigenvalue weighted by Gasteiger charge is -2.33. The van der Waals surface area contributed by atoms with Gasteiger partial charge in [-0.05, 0) is 33.7 Å². The summed E-state index contributed by atoms with van der Waals surface area (Å²) in [5, 5.41) is 0. The van der Waals surface area contributed by atoms with E-state index in [-0.39, 0.29) is 5.60 Å². The fourth-order valence-corrected chi connectivity index (χ4v) is 3.96. The molecule has 3 radical (unpaired) electrons. The Balaban J connectivity index is 4.36. The number of rotatable bonds is 6. The van der Waals surface area contributed by atoms with Crippen molar-refractivity contribution < 1.29 is 13.0 Å². The molecular weight excluding hydrogens is 214 g/mol. The largest absolute Gasteiger partial charge is 0.490 e. The second kappa shape index (κ2) is 5.99. The minimum Gasteiger partial charge on any atom is -0.415 e. The first kappa shape index (κ1) is 14.3. The van der Waals surface area contributed by atoms with Crippen molar-refractivity contribution in [1.29, 1.82) is 0 Å². The molecule has 0 amide bonds. The molecule has 2 N–H and O–H groups in total. The minimum atomic E-state index is -2.57. The highest BCUT2D eigenvalue weighted by Gasteiger charge is 2.41. The van der Waals surface area contributed by atoms with Gasteiger partial charge in [0.25, 0.3) is 0 Å². The molecule has 0 saturated heterocycles. The Morgan fingerprint density at radius 2 is 1.93 bits per heavy atom. The second-order valence-electron chi connectivity index (χ2n) is 4.10. The summed E-state index contributed by atoms with van der Waals surface area (Å²) in [5.41, 5.74) is 5.17. The number of hydrogen-bond donors (Lipinski definition) is 1. The van der Waals surface area contributed by atoms with Crippen LogP contribution in [-0.4, -0.2) is 38.5 Å². The van der Waals surface area contributed by atoms with E-state index in [9.17, 15) is 0 Å². The Morgan fingerprint density at radius 3 is 2.21 bits per heavy atom. The molecule has 0 saturated carbocycles. The summed E-state index contributed by atoms with van der Waals surface area (Å²) < 4.78 is 16.4. The van der Waals surface area contributed by atoms with Crippen molar-refractivity contribution in [2.24, 2.45) is 5.73 Å². The molecule has 0 aromatic carbocycles. The zero-order valence-corrected chi connectivity index (χ0v) is 11.4. The number of hydrogen-bond acceptors (Lipinski definition) is 4. The van der Waals surface area contributed by atoms with Gasteiger partial charge in [0.2, 0.25) is 10.5 Å². The Hall–Kier alpha value is 0.274. The smallest absolute Gasteiger partial charge is 0.415 e. The molecule has 0 aromatic heterocycles. The maximum atomic E-state index is 5.82. The third-order valence-electron chi connectivity index (χ3n) is 1.62. The summed E-state index contributed by atoms with van der Waals surface area (Å²) in [7, 11) is 2.08. The summed E-state index contributed by atoms with van der Waals surface area (Å²) in [6.07, 6.45) is 0.834. The first-order valence-electron chi connectivity index (χ1n) is 4.69. The molecule has 4 nitrogen and oxygen atoms in total. The van der Waals surface area contributed by atoms with Crippen LogP contribution in [0.1, 0.15) is 27.2 Å². The lowest BCUT2D eigenvalue weighted by atomic mass is 10.2. The lowest BCUT2D eigenvalue weighted by Crippen LogP contribution is -2.49. The minimum absolute atomic E-state index is 0.274. The average Bonchev–Trinajstić information content (AvgIpc) is 2.10. The highest BCUT2D eigenvalue weighted by molar-refractivity contribution is 6.63. The van der Waals surface area contributed by atoms with Crippen LogP contribution in [0.2, 0.25) is 6.04 Å². The first-order valence-corrected chi connectivity index (χ1v) is 7.03. The van der Waals surface area contributed by atoms with Gasteiger partial charge < -0.3 is 18.7 Å². The molecule has 6 heteroatoms. The van der Waals surface area contributed by atoms with E-state index in [2.05, 4.69) is 10.5 Å². The first-order chi connectivity index (χ1) is 6.39. The Bertz CT molecular complexity index is 157. The molecule has 0 spiro atoms. The topological polar surface area (TPSA) is 53.7 Å². The monoisotopic (exact) mass is 234 g/mol. The van der Waals surface area contributed by atoms with E-state index >= 15 is 0 Å². The SMILES string of the molecule is CO[Si](CCCN)(O[Si])OC(C)(C)C. The molecule has 0 bridgehead atoms. The molecule has 0 aliphatic heterocycles. The van der Waals surface area contributed by atoms with Gasteiger partial charge in [0.05, 0.1) is 5.60 Å². The lowest BCUT2D eigenvalue weighted by molar-refractivity contribution is 0.0356. The Morgan fingerprint density at radius 1 is 1.36 bits per heavy atom. The molecule has 0 aliphatic carbocycles. The van der Waals surface area contributed by atoms with Crippen molar-refractivity contribution >= 4 is 19.3 Å². The highest BCUT2D eigenvalue weighted by atomic mass is 28.4. The maximum Gasteiger partial charge on any atom is 0.490 e. The molecule has 14 heavy (non-hydrogen) atoms. The standard InChI is InChI=1S/C8H20NO3Si2/c1-8(2,3)11-14(10-4,12-13)7-5-6-9/h5-7,9H2,1-4H3. The fraction of sp³-hybridized carbons (Fsp3) is 1.00. The van der Waals surface area contributed by atoms with Gasteiger partial charge in [-0.15, -0.1) is 0 Å². The molecule has 0 aliphatic rings. The van der Waals surface area contributed by atoms with Gasteiger partial charge >= 0.3 is 8.80 Å². The Kier molecular flexibility index (Phi) is 6.11. The second-order valence-corrected chi connectivity index (χ2v) is 7.39. The normalized spacial score (nSPS) is 16.7.